The third kappa shape index (κ3) is 2.76. The number of benzene rings is 1. The normalized spacial score (nSPS) is 12.1. The van der Waals surface area contributed by atoms with Crippen LogP contribution >= 0.6 is 11.5 Å². The molecule has 0 fully saturated rings. The molecule has 7 heteroatoms. The molecule has 1 N–H and O–H groups in total. The van der Waals surface area contributed by atoms with E-state index in [2.05, 4.69) is 14.9 Å². The van der Waals surface area contributed by atoms with E-state index < -0.39 is 4.92 Å². The van der Waals surface area contributed by atoms with Crippen LogP contribution in [0.5, 0.6) is 0 Å². The van der Waals surface area contributed by atoms with Gasteiger partial charge in [-0.15, -0.1) is 5.10 Å². The van der Waals surface area contributed by atoms with Gasteiger partial charge >= 0.3 is 0 Å². The minimum Gasteiger partial charge on any atom is -0.368 e. The van der Waals surface area contributed by atoms with Gasteiger partial charge in [0.25, 0.3) is 5.69 Å². The summed E-state index contributed by atoms with van der Waals surface area (Å²) in [5, 5.41) is 18.3. The summed E-state index contributed by atoms with van der Waals surface area (Å²) in [5.74, 6) is 0. The number of anilines is 1. The lowest BCUT2D eigenvalue weighted by molar-refractivity contribution is -0.384. The van der Waals surface area contributed by atoms with E-state index in [4.69, 9.17) is 0 Å². The summed E-state index contributed by atoms with van der Waals surface area (Å²) in [6.07, 6.45) is 1.65. The van der Waals surface area contributed by atoms with Crippen LogP contribution in [0.15, 0.2) is 30.5 Å². The second-order valence-electron chi connectivity index (χ2n) is 3.50. The zero-order chi connectivity index (χ0) is 12.3. The standard InChI is InChI=1S/C10H10N4O2S/c1-7(12-10-6-11-13-17-10)8-2-4-9(5-3-8)14(15)16/h2-7,12H,1H3. The van der Waals surface area contributed by atoms with Gasteiger partial charge in [-0.25, -0.2) is 0 Å². The highest BCUT2D eigenvalue weighted by molar-refractivity contribution is 7.09. The van der Waals surface area contributed by atoms with Crippen LogP contribution in [0.4, 0.5) is 10.7 Å². The Bertz CT molecular complexity index is 498. The molecule has 0 saturated heterocycles. The molecule has 0 saturated carbocycles. The molecule has 17 heavy (non-hydrogen) atoms. The molecule has 1 aromatic carbocycles. The lowest BCUT2D eigenvalue weighted by Gasteiger charge is -2.12. The Morgan fingerprint density at radius 2 is 2.12 bits per heavy atom. The summed E-state index contributed by atoms with van der Waals surface area (Å²) in [5.41, 5.74) is 1.07. The highest BCUT2D eigenvalue weighted by Crippen LogP contribution is 2.22. The van der Waals surface area contributed by atoms with E-state index in [0.717, 1.165) is 10.6 Å². The quantitative estimate of drug-likeness (QED) is 0.666. The average molecular weight is 250 g/mol. The molecule has 1 heterocycles. The molecule has 0 aliphatic heterocycles. The van der Waals surface area contributed by atoms with Crippen LogP contribution in [0.3, 0.4) is 0 Å². The molecule has 1 aromatic heterocycles. The third-order valence-electron chi connectivity index (χ3n) is 2.32. The van der Waals surface area contributed by atoms with E-state index in [1.165, 1.54) is 23.7 Å². The number of hydrogen-bond acceptors (Lipinski definition) is 6. The van der Waals surface area contributed by atoms with Crippen molar-refractivity contribution in [3.05, 3.63) is 46.1 Å². The lowest BCUT2D eigenvalue weighted by Crippen LogP contribution is -2.05. The number of aromatic nitrogens is 2. The van der Waals surface area contributed by atoms with E-state index in [1.807, 2.05) is 6.92 Å². The number of nitrogens with zero attached hydrogens (tertiary/aromatic N) is 3. The topological polar surface area (TPSA) is 81.0 Å². The van der Waals surface area contributed by atoms with Crippen molar-refractivity contribution in [2.24, 2.45) is 0 Å². The number of nitro groups is 1. The maximum atomic E-state index is 10.5. The minimum absolute atomic E-state index is 0.0538. The van der Waals surface area contributed by atoms with Crippen LogP contribution in [0.2, 0.25) is 0 Å². The Morgan fingerprint density at radius 3 is 2.65 bits per heavy atom. The van der Waals surface area contributed by atoms with Crippen molar-refractivity contribution < 1.29 is 4.92 Å². The van der Waals surface area contributed by atoms with E-state index in [9.17, 15) is 10.1 Å². The van der Waals surface area contributed by atoms with Crippen molar-refractivity contribution in [2.75, 3.05) is 5.32 Å². The predicted octanol–water partition coefficient (Wildman–Crippen LogP) is 2.62. The lowest BCUT2D eigenvalue weighted by atomic mass is 10.1. The van der Waals surface area contributed by atoms with Crippen molar-refractivity contribution in [2.45, 2.75) is 13.0 Å². The third-order valence-corrected chi connectivity index (χ3v) is 2.92. The van der Waals surface area contributed by atoms with E-state index >= 15 is 0 Å². The maximum Gasteiger partial charge on any atom is 0.269 e. The van der Waals surface area contributed by atoms with Crippen LogP contribution in [-0.4, -0.2) is 14.5 Å². The Labute approximate surface area is 102 Å². The summed E-state index contributed by atoms with van der Waals surface area (Å²) in [7, 11) is 0. The van der Waals surface area contributed by atoms with E-state index in [1.54, 1.807) is 18.3 Å². The zero-order valence-corrected chi connectivity index (χ0v) is 9.85. The number of nitro benzene ring substituents is 1. The second kappa shape index (κ2) is 4.88. The summed E-state index contributed by atoms with van der Waals surface area (Å²) in [6.45, 7) is 1.97. The van der Waals surface area contributed by atoms with Crippen molar-refractivity contribution in [3.8, 4) is 0 Å². The average Bonchev–Trinajstić information content (AvgIpc) is 2.82. The number of rotatable bonds is 4. The molecule has 88 valence electrons. The van der Waals surface area contributed by atoms with Crippen molar-refractivity contribution in [1.29, 1.82) is 0 Å². The zero-order valence-electron chi connectivity index (χ0n) is 9.03. The molecule has 0 aliphatic rings. The molecular formula is C10H10N4O2S. The Kier molecular flexibility index (Phi) is 3.29. The van der Waals surface area contributed by atoms with Gasteiger partial charge in [0.1, 0.15) is 5.00 Å². The SMILES string of the molecule is CC(Nc1cnns1)c1ccc([N+](=O)[O-])cc1. The van der Waals surface area contributed by atoms with Gasteiger partial charge in [-0.1, -0.05) is 16.6 Å². The van der Waals surface area contributed by atoms with Gasteiger partial charge in [0.2, 0.25) is 0 Å². The molecule has 0 aliphatic carbocycles. The van der Waals surface area contributed by atoms with Crippen molar-refractivity contribution in [1.82, 2.24) is 9.59 Å². The molecule has 6 nitrogen and oxygen atoms in total. The number of nitrogens with one attached hydrogen (secondary N) is 1. The Hall–Kier alpha value is -2.02. The maximum absolute atomic E-state index is 10.5. The van der Waals surface area contributed by atoms with Gasteiger partial charge < -0.3 is 5.32 Å². The van der Waals surface area contributed by atoms with Gasteiger partial charge in [-0.2, -0.15) is 0 Å². The van der Waals surface area contributed by atoms with Gasteiger partial charge in [0.05, 0.1) is 11.1 Å². The smallest absolute Gasteiger partial charge is 0.269 e. The van der Waals surface area contributed by atoms with Crippen LogP contribution in [0.25, 0.3) is 0 Å². The van der Waals surface area contributed by atoms with Crippen LogP contribution in [-0.2, 0) is 0 Å². The van der Waals surface area contributed by atoms with E-state index in [0.29, 0.717) is 0 Å². The molecule has 1 atom stereocenters. The van der Waals surface area contributed by atoms with Gasteiger partial charge in [0.15, 0.2) is 0 Å². The summed E-state index contributed by atoms with van der Waals surface area (Å²) in [6, 6.07) is 6.53. The molecular weight excluding hydrogens is 240 g/mol. The molecule has 0 bridgehead atoms. The summed E-state index contributed by atoms with van der Waals surface area (Å²) in [4.78, 5) is 10.1. The monoisotopic (exact) mass is 250 g/mol. The first-order valence-electron chi connectivity index (χ1n) is 4.95. The summed E-state index contributed by atoms with van der Waals surface area (Å²) >= 11 is 1.27. The number of non-ortho nitro benzene ring substituents is 1. The highest BCUT2D eigenvalue weighted by atomic mass is 32.1. The van der Waals surface area contributed by atoms with Crippen molar-refractivity contribution in [3.63, 3.8) is 0 Å². The highest BCUT2D eigenvalue weighted by Gasteiger charge is 2.09. The Balaban J connectivity index is 2.09. The van der Waals surface area contributed by atoms with E-state index in [-0.39, 0.29) is 11.7 Å². The first-order valence-corrected chi connectivity index (χ1v) is 5.72. The molecule has 2 aromatic rings. The number of hydrogen-bond donors (Lipinski definition) is 1. The molecule has 0 amide bonds. The predicted molar refractivity (Wildman–Crippen MR) is 65.0 cm³/mol. The fourth-order valence-electron chi connectivity index (χ4n) is 1.41. The fraction of sp³-hybridized carbons (Fsp3) is 0.200. The molecule has 2 rings (SSSR count). The largest absolute Gasteiger partial charge is 0.368 e. The second-order valence-corrected chi connectivity index (χ2v) is 4.28. The van der Waals surface area contributed by atoms with Gasteiger partial charge in [-0.05, 0) is 12.5 Å². The minimum atomic E-state index is -0.408. The molecule has 0 radical (unpaired) electrons. The molecule has 1 unspecified atom stereocenters. The first-order chi connectivity index (χ1) is 8.16. The Morgan fingerprint density at radius 1 is 1.41 bits per heavy atom. The molecule has 0 spiro atoms. The fourth-order valence-corrected chi connectivity index (χ4v) is 1.92. The van der Waals surface area contributed by atoms with Crippen LogP contribution < -0.4 is 5.32 Å². The van der Waals surface area contributed by atoms with Gasteiger partial charge in [-0.3, -0.25) is 10.1 Å². The van der Waals surface area contributed by atoms with Gasteiger partial charge in [0, 0.05) is 29.7 Å². The van der Waals surface area contributed by atoms with Crippen molar-refractivity contribution >= 4 is 22.2 Å². The van der Waals surface area contributed by atoms with Crippen LogP contribution in [0, 0.1) is 10.1 Å². The summed E-state index contributed by atoms with van der Waals surface area (Å²) < 4.78 is 3.75. The van der Waals surface area contributed by atoms with Crippen LogP contribution in [0.1, 0.15) is 18.5 Å². The first kappa shape index (κ1) is 11.5.